The van der Waals surface area contributed by atoms with Crippen LogP contribution >= 0.6 is 52.6 Å². The number of thiazole rings is 1. The van der Waals surface area contributed by atoms with Crippen molar-refractivity contribution in [2.24, 2.45) is 0 Å². The zero-order valence-electron chi connectivity index (χ0n) is 11.0. The molecule has 1 heterocycles. The van der Waals surface area contributed by atoms with E-state index in [0.717, 1.165) is 16.5 Å². The van der Waals surface area contributed by atoms with Crippen molar-refractivity contribution in [2.45, 2.75) is 23.7 Å². The second-order valence-corrected chi connectivity index (χ2v) is 12.0. The molecule has 0 amide bonds. The van der Waals surface area contributed by atoms with Crippen LogP contribution in [0.3, 0.4) is 0 Å². The average molecular weight is 378 g/mol. The summed E-state index contributed by atoms with van der Waals surface area (Å²) in [6, 6.07) is 9.49. The molecule has 2 radical (unpaired) electrons. The molecule has 0 N–H and O–H groups in total. The lowest BCUT2D eigenvalue weighted by Gasteiger charge is -1.99. The summed E-state index contributed by atoms with van der Waals surface area (Å²) in [6.07, 6.45) is 1.24. The van der Waals surface area contributed by atoms with Gasteiger partial charge in [0.25, 0.3) is 0 Å². The molecule has 0 aliphatic heterocycles. The van der Waals surface area contributed by atoms with Crippen LogP contribution in [0.5, 0.6) is 0 Å². The van der Waals surface area contributed by atoms with Gasteiger partial charge in [0.1, 0.15) is 0 Å². The van der Waals surface area contributed by atoms with E-state index in [0.29, 0.717) is 9.76 Å². The van der Waals surface area contributed by atoms with E-state index in [2.05, 4.69) is 23.2 Å². The third kappa shape index (κ3) is 6.21. The molecule has 0 aliphatic carbocycles. The molecule has 0 saturated heterocycles. The average Bonchev–Trinajstić information content (AvgIpc) is 2.88. The Hall–Kier alpha value is 0.687. The Bertz CT molecular complexity index is 476. The Balaban J connectivity index is 1.55. The Morgan fingerprint density at radius 2 is 2.20 bits per heavy atom. The molecule has 0 atom stereocenters. The van der Waals surface area contributed by atoms with Gasteiger partial charge in [-0.05, 0) is 62.0 Å². The van der Waals surface area contributed by atoms with Gasteiger partial charge in [0.05, 0.1) is 10.2 Å². The third-order valence-corrected chi connectivity index (χ3v) is 10.9. The van der Waals surface area contributed by atoms with E-state index < -0.39 is 0 Å². The molecule has 0 spiro atoms. The van der Waals surface area contributed by atoms with Gasteiger partial charge < -0.3 is 4.43 Å². The van der Waals surface area contributed by atoms with Gasteiger partial charge in [-0.1, -0.05) is 22.9 Å². The van der Waals surface area contributed by atoms with E-state index in [9.17, 15) is 0 Å². The number of hydrogen-bond donors (Lipinski definition) is 0. The van der Waals surface area contributed by atoms with Crippen LogP contribution in [0.2, 0.25) is 6.04 Å². The molecule has 8 heteroatoms. The van der Waals surface area contributed by atoms with Gasteiger partial charge in [-0.3, -0.25) is 0 Å². The first-order valence-corrected chi connectivity index (χ1v) is 13.1. The molecule has 2 rings (SSSR count). The highest BCUT2D eigenvalue weighted by molar-refractivity contribution is 9.26. The second kappa shape index (κ2) is 10.4. The summed E-state index contributed by atoms with van der Waals surface area (Å²) in [5.74, 6) is 1.19. The zero-order chi connectivity index (χ0) is 14.0. The molecular weight excluding hydrogens is 363 g/mol. The van der Waals surface area contributed by atoms with Crippen LogP contribution in [-0.4, -0.2) is 27.1 Å². The van der Waals surface area contributed by atoms with Crippen LogP contribution < -0.4 is 0 Å². The standard InChI is InChI=1S/C12H15NOS5Si/c1-2-14-20-9-5-8-15-18-19-17-12-13-10-6-3-4-7-11(10)16-12/h3-4,6-7H,2,5,8-9H2,1H3. The summed E-state index contributed by atoms with van der Waals surface area (Å²) in [5.41, 5.74) is 1.11. The molecule has 20 heavy (non-hydrogen) atoms. The monoisotopic (exact) mass is 377 g/mol. The van der Waals surface area contributed by atoms with Gasteiger partial charge in [0.15, 0.2) is 4.34 Å². The number of para-hydroxylation sites is 1. The molecule has 108 valence electrons. The van der Waals surface area contributed by atoms with Crippen LogP contribution in [0.25, 0.3) is 10.2 Å². The number of benzene rings is 1. The van der Waals surface area contributed by atoms with E-state index in [1.807, 2.05) is 33.6 Å². The van der Waals surface area contributed by atoms with Crippen LogP contribution in [0.4, 0.5) is 0 Å². The van der Waals surface area contributed by atoms with Crippen LogP contribution in [0.1, 0.15) is 13.3 Å². The number of rotatable bonds is 10. The Kier molecular flexibility index (Phi) is 8.88. The smallest absolute Gasteiger partial charge is 0.229 e. The van der Waals surface area contributed by atoms with Crippen molar-refractivity contribution in [2.75, 3.05) is 12.4 Å². The van der Waals surface area contributed by atoms with Crippen LogP contribution in [-0.2, 0) is 4.43 Å². The van der Waals surface area contributed by atoms with Crippen LogP contribution in [0.15, 0.2) is 28.6 Å². The number of fused-ring (bicyclic) bond motifs is 1. The van der Waals surface area contributed by atoms with E-state index in [1.54, 1.807) is 32.0 Å². The fourth-order valence-corrected chi connectivity index (χ4v) is 9.63. The van der Waals surface area contributed by atoms with Gasteiger partial charge in [0, 0.05) is 12.4 Å². The minimum Gasteiger partial charge on any atom is -0.418 e. The van der Waals surface area contributed by atoms with Gasteiger partial charge in [-0.2, -0.15) is 0 Å². The van der Waals surface area contributed by atoms with Crippen molar-refractivity contribution in [1.82, 2.24) is 4.98 Å². The minimum atomic E-state index is 0.673. The molecule has 0 aliphatic rings. The Morgan fingerprint density at radius 1 is 1.30 bits per heavy atom. The Morgan fingerprint density at radius 3 is 3.05 bits per heavy atom. The lowest BCUT2D eigenvalue weighted by molar-refractivity contribution is 0.359. The lowest BCUT2D eigenvalue weighted by Crippen LogP contribution is -1.97. The maximum atomic E-state index is 5.34. The SMILES string of the molecule is CCO[Si]CCCSSSSc1nc2ccccc2s1. The van der Waals surface area contributed by atoms with Crippen LogP contribution in [0, 0.1) is 0 Å². The van der Waals surface area contributed by atoms with Crippen molar-refractivity contribution in [3.8, 4) is 0 Å². The summed E-state index contributed by atoms with van der Waals surface area (Å²) in [6.45, 7) is 2.89. The van der Waals surface area contributed by atoms with Gasteiger partial charge in [-0.15, -0.1) is 11.3 Å². The maximum Gasteiger partial charge on any atom is 0.229 e. The largest absolute Gasteiger partial charge is 0.418 e. The summed E-state index contributed by atoms with van der Waals surface area (Å²) < 4.78 is 7.75. The minimum absolute atomic E-state index is 0.673. The number of nitrogens with zero attached hydrogens (tertiary/aromatic N) is 1. The van der Waals surface area contributed by atoms with E-state index in [-0.39, 0.29) is 0 Å². The predicted molar refractivity (Wildman–Crippen MR) is 99.9 cm³/mol. The Labute approximate surface area is 141 Å². The lowest BCUT2D eigenvalue weighted by atomic mass is 10.3. The van der Waals surface area contributed by atoms with Crippen molar-refractivity contribution in [3.05, 3.63) is 24.3 Å². The molecule has 1 aromatic heterocycles. The number of hydrogen-bond acceptors (Lipinski definition) is 7. The maximum absolute atomic E-state index is 5.34. The highest BCUT2D eigenvalue weighted by Crippen LogP contribution is 2.48. The molecule has 2 aromatic rings. The predicted octanol–water partition coefficient (Wildman–Crippen LogP) is 5.80. The zero-order valence-corrected chi connectivity index (χ0v) is 16.1. The van der Waals surface area contributed by atoms with Gasteiger partial charge >= 0.3 is 0 Å². The van der Waals surface area contributed by atoms with E-state index in [1.165, 1.54) is 22.9 Å². The first-order valence-electron chi connectivity index (χ1n) is 6.23. The molecule has 0 bridgehead atoms. The highest BCUT2D eigenvalue weighted by Gasteiger charge is 2.04. The summed E-state index contributed by atoms with van der Waals surface area (Å²) in [5, 5.41) is 0. The molecule has 0 saturated carbocycles. The fourth-order valence-electron chi connectivity index (χ4n) is 1.36. The van der Waals surface area contributed by atoms with E-state index in [4.69, 9.17) is 4.43 Å². The molecular formula is C12H15NOS5Si. The molecule has 0 fully saturated rings. The quantitative estimate of drug-likeness (QED) is 0.294. The highest BCUT2D eigenvalue weighted by atomic mass is 33.7. The van der Waals surface area contributed by atoms with Gasteiger partial charge in [-0.25, -0.2) is 4.98 Å². The first-order chi connectivity index (χ1) is 9.90. The summed E-state index contributed by atoms with van der Waals surface area (Å²) >= 11 is 1.77. The van der Waals surface area contributed by atoms with Crippen molar-refractivity contribution in [1.29, 1.82) is 0 Å². The normalized spacial score (nSPS) is 11.2. The van der Waals surface area contributed by atoms with Gasteiger partial charge in [0.2, 0.25) is 9.76 Å². The second-order valence-electron chi connectivity index (χ2n) is 3.67. The molecule has 0 unspecified atom stereocenters. The molecule has 1 aromatic carbocycles. The topological polar surface area (TPSA) is 22.1 Å². The van der Waals surface area contributed by atoms with Crippen molar-refractivity contribution >= 4 is 72.6 Å². The molecule has 2 nitrogen and oxygen atoms in total. The summed E-state index contributed by atoms with van der Waals surface area (Å²) in [4.78, 5) is 4.60. The van der Waals surface area contributed by atoms with Crippen molar-refractivity contribution < 1.29 is 4.43 Å². The fraction of sp³-hybridized carbons (Fsp3) is 0.417. The summed E-state index contributed by atoms with van der Waals surface area (Å²) in [7, 11) is 8.01. The van der Waals surface area contributed by atoms with Crippen molar-refractivity contribution in [3.63, 3.8) is 0 Å². The first kappa shape index (κ1) is 17.0. The van der Waals surface area contributed by atoms with E-state index >= 15 is 0 Å². The number of aromatic nitrogens is 1. The third-order valence-electron chi connectivity index (χ3n) is 2.21.